The van der Waals surface area contributed by atoms with E-state index in [0.29, 0.717) is 0 Å². The molecular weight excluding hydrogens is 393 g/mol. The van der Waals surface area contributed by atoms with Crippen LogP contribution in [0.1, 0.15) is 13.0 Å². The minimum Gasteiger partial charge on any atom is -0.316 e. The third-order valence-corrected chi connectivity index (χ3v) is 8.15. The minimum atomic E-state index is -0.688. The monoisotopic (exact) mass is 421 g/mol. The molecule has 5 rings (SSSR count). The molecule has 0 heterocycles. The van der Waals surface area contributed by atoms with Crippen LogP contribution in [-0.4, -0.2) is 7.05 Å². The van der Waals surface area contributed by atoms with Crippen molar-refractivity contribution in [3.05, 3.63) is 115 Å². The molecule has 0 aliphatic rings. The molecular formula is C29H28NP. The Morgan fingerprint density at radius 3 is 1.58 bits per heavy atom. The maximum atomic E-state index is 3.25. The molecule has 0 bridgehead atoms. The van der Waals surface area contributed by atoms with Crippen molar-refractivity contribution >= 4 is 45.4 Å². The minimum absolute atomic E-state index is 0. The molecule has 0 unspecified atom stereocenters. The lowest BCUT2D eigenvalue weighted by atomic mass is 10.1. The summed E-state index contributed by atoms with van der Waals surface area (Å²) in [6.45, 7) is 0.890. The summed E-state index contributed by atoms with van der Waals surface area (Å²) in [6, 6.07) is 40.1. The van der Waals surface area contributed by atoms with Gasteiger partial charge in [0.25, 0.3) is 0 Å². The zero-order valence-corrected chi connectivity index (χ0v) is 17.9. The van der Waals surface area contributed by atoms with E-state index in [1.165, 1.54) is 43.0 Å². The van der Waals surface area contributed by atoms with Gasteiger partial charge in [0.15, 0.2) is 0 Å². The summed E-state index contributed by atoms with van der Waals surface area (Å²) < 4.78 is 0. The standard InChI is InChI=1S/C28H24NP.CH4/c1-29-20-21-16-18-24(19-17-21)30(27-14-6-10-22-8-2-4-12-25(22)27)28-15-7-11-23-9-3-5-13-26(23)28;/h2-19,29H,20H2,1H3;1H4. The van der Waals surface area contributed by atoms with Gasteiger partial charge in [0.2, 0.25) is 0 Å². The highest BCUT2D eigenvalue weighted by Crippen LogP contribution is 2.38. The Balaban J connectivity index is 0.00000231. The number of hydrogen-bond donors (Lipinski definition) is 1. The molecule has 0 atom stereocenters. The number of rotatable bonds is 5. The first kappa shape index (κ1) is 21.2. The fourth-order valence-corrected chi connectivity index (χ4v) is 6.80. The van der Waals surface area contributed by atoms with Crippen molar-refractivity contribution < 1.29 is 0 Å². The van der Waals surface area contributed by atoms with Crippen LogP contribution in [0.25, 0.3) is 21.5 Å². The van der Waals surface area contributed by atoms with Gasteiger partial charge < -0.3 is 5.32 Å². The summed E-state index contributed by atoms with van der Waals surface area (Å²) in [4.78, 5) is 0. The van der Waals surface area contributed by atoms with Crippen LogP contribution in [0.4, 0.5) is 0 Å². The number of nitrogens with one attached hydrogen (secondary N) is 1. The summed E-state index contributed by atoms with van der Waals surface area (Å²) in [5.74, 6) is 0. The molecule has 5 aromatic rings. The second kappa shape index (κ2) is 9.43. The molecule has 0 aromatic heterocycles. The zero-order chi connectivity index (χ0) is 20.3. The van der Waals surface area contributed by atoms with Gasteiger partial charge in [-0.25, -0.2) is 0 Å². The molecule has 1 N–H and O–H groups in total. The van der Waals surface area contributed by atoms with E-state index < -0.39 is 7.92 Å². The van der Waals surface area contributed by atoms with Gasteiger partial charge in [0, 0.05) is 6.54 Å². The first-order chi connectivity index (χ1) is 14.8. The fourth-order valence-electron chi connectivity index (χ4n) is 4.18. The molecule has 0 saturated carbocycles. The maximum Gasteiger partial charge on any atom is 0.0202 e. The summed E-state index contributed by atoms with van der Waals surface area (Å²) in [7, 11) is 1.31. The van der Waals surface area contributed by atoms with Crippen molar-refractivity contribution in [1.82, 2.24) is 5.32 Å². The van der Waals surface area contributed by atoms with Crippen molar-refractivity contribution in [1.29, 1.82) is 0 Å². The summed E-state index contributed by atoms with van der Waals surface area (Å²) in [6.07, 6.45) is 0. The van der Waals surface area contributed by atoms with Crippen LogP contribution in [0.15, 0.2) is 109 Å². The molecule has 0 aliphatic heterocycles. The highest BCUT2D eigenvalue weighted by atomic mass is 31.1. The van der Waals surface area contributed by atoms with Gasteiger partial charge in [0.05, 0.1) is 0 Å². The summed E-state index contributed by atoms with van der Waals surface area (Å²) in [5.41, 5.74) is 1.31. The lowest BCUT2D eigenvalue weighted by molar-refractivity contribution is 0.818. The highest BCUT2D eigenvalue weighted by Gasteiger charge is 2.20. The summed E-state index contributed by atoms with van der Waals surface area (Å²) in [5, 5.41) is 12.8. The van der Waals surface area contributed by atoms with Crippen molar-refractivity contribution in [3.63, 3.8) is 0 Å². The molecule has 0 amide bonds. The molecule has 5 aromatic carbocycles. The van der Waals surface area contributed by atoms with Gasteiger partial charge in [-0.2, -0.15) is 0 Å². The van der Waals surface area contributed by atoms with E-state index in [2.05, 4.69) is 115 Å². The Hall–Kier alpha value is -2.99. The van der Waals surface area contributed by atoms with Crippen LogP contribution in [0, 0.1) is 0 Å². The topological polar surface area (TPSA) is 12.0 Å². The number of benzene rings is 5. The van der Waals surface area contributed by atoms with E-state index in [0.717, 1.165) is 6.54 Å². The Morgan fingerprint density at radius 2 is 1.06 bits per heavy atom. The van der Waals surface area contributed by atoms with E-state index in [1.54, 1.807) is 0 Å². The van der Waals surface area contributed by atoms with E-state index in [1.807, 2.05) is 7.05 Å². The predicted octanol–water partition coefficient (Wildman–Crippen LogP) is 6.11. The predicted molar refractivity (Wildman–Crippen MR) is 140 cm³/mol. The van der Waals surface area contributed by atoms with Gasteiger partial charge in [-0.3, -0.25) is 0 Å². The quantitative estimate of drug-likeness (QED) is 0.338. The van der Waals surface area contributed by atoms with Crippen LogP contribution in [0.2, 0.25) is 0 Å². The Morgan fingerprint density at radius 1 is 0.581 bits per heavy atom. The summed E-state index contributed by atoms with van der Waals surface area (Å²) >= 11 is 0. The highest BCUT2D eigenvalue weighted by molar-refractivity contribution is 7.80. The van der Waals surface area contributed by atoms with Gasteiger partial charge in [-0.1, -0.05) is 117 Å². The molecule has 0 saturated heterocycles. The van der Waals surface area contributed by atoms with E-state index >= 15 is 0 Å². The van der Waals surface area contributed by atoms with Crippen LogP contribution < -0.4 is 21.2 Å². The van der Waals surface area contributed by atoms with Gasteiger partial charge in [-0.05, 0) is 58.0 Å². The van der Waals surface area contributed by atoms with Crippen molar-refractivity contribution in [2.24, 2.45) is 0 Å². The van der Waals surface area contributed by atoms with Gasteiger partial charge >= 0.3 is 0 Å². The van der Waals surface area contributed by atoms with Crippen LogP contribution in [0.3, 0.4) is 0 Å². The Bertz CT molecular complexity index is 1220. The van der Waals surface area contributed by atoms with Crippen molar-refractivity contribution in [2.45, 2.75) is 14.0 Å². The van der Waals surface area contributed by atoms with Crippen molar-refractivity contribution in [2.75, 3.05) is 7.05 Å². The number of fused-ring (bicyclic) bond motifs is 2. The first-order valence-electron chi connectivity index (χ1n) is 10.3. The average Bonchev–Trinajstić information content (AvgIpc) is 2.81. The van der Waals surface area contributed by atoms with E-state index in [4.69, 9.17) is 0 Å². The molecule has 31 heavy (non-hydrogen) atoms. The van der Waals surface area contributed by atoms with Gasteiger partial charge in [0.1, 0.15) is 0 Å². The lowest BCUT2D eigenvalue weighted by Crippen LogP contribution is -2.22. The lowest BCUT2D eigenvalue weighted by Gasteiger charge is -2.23. The SMILES string of the molecule is C.CNCc1ccc(P(c2cccc3ccccc23)c2cccc3ccccc23)cc1. The van der Waals surface area contributed by atoms with E-state index in [-0.39, 0.29) is 7.43 Å². The molecule has 0 aliphatic carbocycles. The average molecular weight is 422 g/mol. The largest absolute Gasteiger partial charge is 0.316 e. The Labute approximate surface area is 186 Å². The molecule has 2 heteroatoms. The van der Waals surface area contributed by atoms with E-state index in [9.17, 15) is 0 Å². The maximum absolute atomic E-state index is 3.25. The molecule has 0 spiro atoms. The molecule has 154 valence electrons. The van der Waals surface area contributed by atoms with Gasteiger partial charge in [-0.15, -0.1) is 0 Å². The molecule has 0 fully saturated rings. The fraction of sp³-hybridized carbons (Fsp3) is 0.103. The third-order valence-electron chi connectivity index (χ3n) is 5.59. The van der Waals surface area contributed by atoms with Crippen LogP contribution in [0.5, 0.6) is 0 Å². The van der Waals surface area contributed by atoms with Crippen LogP contribution >= 0.6 is 7.92 Å². The first-order valence-corrected chi connectivity index (χ1v) is 11.7. The molecule has 1 nitrogen and oxygen atoms in total. The normalized spacial score (nSPS) is 11.0. The smallest absolute Gasteiger partial charge is 0.0202 e. The second-order valence-corrected chi connectivity index (χ2v) is 9.68. The Kier molecular flexibility index (Phi) is 6.47. The third kappa shape index (κ3) is 4.12. The zero-order valence-electron chi connectivity index (χ0n) is 17.0. The van der Waals surface area contributed by atoms with Crippen molar-refractivity contribution in [3.8, 4) is 0 Å². The molecule has 0 radical (unpaired) electrons. The second-order valence-electron chi connectivity index (χ2n) is 7.53. The number of hydrogen-bond acceptors (Lipinski definition) is 1. The van der Waals surface area contributed by atoms with Crippen LogP contribution in [-0.2, 0) is 6.54 Å².